The predicted octanol–water partition coefficient (Wildman–Crippen LogP) is 1.94. The SMILES string of the molecule is CN=C(NCC(c1ccc(F)cc1)N(C)C)N1CCN(C(=O)C2CCCO2)CC1.I. The summed E-state index contributed by atoms with van der Waals surface area (Å²) in [7, 11) is 5.79. The molecule has 7 nitrogen and oxygen atoms in total. The summed E-state index contributed by atoms with van der Waals surface area (Å²) in [6, 6.07) is 6.71. The van der Waals surface area contributed by atoms with Crippen molar-refractivity contribution in [2.45, 2.75) is 25.0 Å². The lowest BCUT2D eigenvalue weighted by molar-refractivity contribution is -0.142. The second-order valence-electron chi connectivity index (χ2n) is 7.77. The Hall–Kier alpha value is -1.46. The van der Waals surface area contributed by atoms with Crippen LogP contribution in [0.5, 0.6) is 0 Å². The molecule has 2 saturated heterocycles. The number of nitrogens with zero attached hydrogens (tertiary/aromatic N) is 4. The average molecular weight is 533 g/mol. The van der Waals surface area contributed by atoms with Crippen molar-refractivity contribution in [2.24, 2.45) is 4.99 Å². The number of halogens is 2. The number of guanidine groups is 1. The molecule has 3 rings (SSSR count). The molecule has 1 aromatic rings. The number of rotatable bonds is 5. The number of carbonyl (C=O) groups is 1. The van der Waals surface area contributed by atoms with Crippen LogP contribution in [0.3, 0.4) is 0 Å². The number of aliphatic imine (C=N–C) groups is 1. The summed E-state index contributed by atoms with van der Waals surface area (Å²) in [4.78, 5) is 23.1. The third kappa shape index (κ3) is 6.27. The fraction of sp³-hybridized carbons (Fsp3) is 0.619. The Labute approximate surface area is 195 Å². The van der Waals surface area contributed by atoms with Crippen LogP contribution < -0.4 is 5.32 Å². The highest BCUT2D eigenvalue weighted by Gasteiger charge is 2.31. The Kier molecular flexibility index (Phi) is 9.76. The van der Waals surface area contributed by atoms with Crippen molar-refractivity contribution in [3.63, 3.8) is 0 Å². The van der Waals surface area contributed by atoms with Crippen molar-refractivity contribution in [1.82, 2.24) is 20.0 Å². The van der Waals surface area contributed by atoms with Crippen LogP contribution in [0, 0.1) is 5.82 Å². The van der Waals surface area contributed by atoms with Gasteiger partial charge in [0.15, 0.2) is 5.96 Å². The zero-order valence-electron chi connectivity index (χ0n) is 18.0. The van der Waals surface area contributed by atoms with E-state index in [1.54, 1.807) is 7.05 Å². The number of piperazine rings is 1. The van der Waals surface area contributed by atoms with E-state index in [9.17, 15) is 9.18 Å². The molecule has 9 heteroatoms. The first-order valence-electron chi connectivity index (χ1n) is 10.3. The number of ether oxygens (including phenoxy) is 1. The van der Waals surface area contributed by atoms with Crippen LogP contribution in [0.25, 0.3) is 0 Å². The van der Waals surface area contributed by atoms with Gasteiger partial charge < -0.3 is 24.8 Å². The van der Waals surface area contributed by atoms with Crippen LogP contribution in [0.2, 0.25) is 0 Å². The number of hydrogen-bond acceptors (Lipinski definition) is 4. The highest BCUT2D eigenvalue weighted by Crippen LogP contribution is 2.18. The van der Waals surface area contributed by atoms with Crippen molar-refractivity contribution in [1.29, 1.82) is 0 Å². The third-order valence-electron chi connectivity index (χ3n) is 5.64. The van der Waals surface area contributed by atoms with Crippen LogP contribution >= 0.6 is 24.0 Å². The molecule has 0 aromatic heterocycles. The summed E-state index contributed by atoms with van der Waals surface area (Å²) in [6.07, 6.45) is 1.54. The summed E-state index contributed by atoms with van der Waals surface area (Å²) in [5, 5.41) is 3.45. The number of nitrogens with one attached hydrogen (secondary N) is 1. The maximum atomic E-state index is 13.3. The van der Waals surface area contributed by atoms with Crippen LogP contribution in [0.15, 0.2) is 29.3 Å². The molecular formula is C21H33FIN5O2. The molecule has 0 saturated carbocycles. The van der Waals surface area contributed by atoms with E-state index in [0.29, 0.717) is 26.2 Å². The van der Waals surface area contributed by atoms with Crippen LogP contribution in [-0.4, -0.2) is 93.1 Å². The van der Waals surface area contributed by atoms with Gasteiger partial charge in [0.2, 0.25) is 0 Å². The third-order valence-corrected chi connectivity index (χ3v) is 5.64. The second kappa shape index (κ2) is 11.8. The van der Waals surface area contributed by atoms with Gasteiger partial charge in [0.05, 0.1) is 6.04 Å². The maximum Gasteiger partial charge on any atom is 0.251 e. The van der Waals surface area contributed by atoms with Gasteiger partial charge in [-0.15, -0.1) is 24.0 Å². The molecule has 0 aliphatic carbocycles. The molecule has 30 heavy (non-hydrogen) atoms. The highest BCUT2D eigenvalue weighted by molar-refractivity contribution is 14.0. The lowest BCUT2D eigenvalue weighted by atomic mass is 10.1. The molecule has 1 N–H and O–H groups in total. The largest absolute Gasteiger partial charge is 0.368 e. The lowest BCUT2D eigenvalue weighted by Gasteiger charge is -2.38. The van der Waals surface area contributed by atoms with Gasteiger partial charge in [0.1, 0.15) is 11.9 Å². The summed E-state index contributed by atoms with van der Waals surface area (Å²) in [5.74, 6) is 0.711. The Morgan fingerprint density at radius 2 is 1.87 bits per heavy atom. The molecule has 2 fully saturated rings. The lowest BCUT2D eigenvalue weighted by Crippen LogP contribution is -2.55. The quantitative estimate of drug-likeness (QED) is 0.357. The smallest absolute Gasteiger partial charge is 0.251 e. The Bertz CT molecular complexity index is 702. The fourth-order valence-corrected chi connectivity index (χ4v) is 3.92. The van der Waals surface area contributed by atoms with Crippen molar-refractivity contribution in [3.05, 3.63) is 35.6 Å². The molecular weight excluding hydrogens is 500 g/mol. The van der Waals surface area contributed by atoms with Gasteiger partial charge in [-0.3, -0.25) is 9.79 Å². The first kappa shape index (κ1) is 24.8. The molecule has 0 spiro atoms. The monoisotopic (exact) mass is 533 g/mol. The van der Waals surface area contributed by atoms with Crippen molar-refractivity contribution < 1.29 is 13.9 Å². The van der Waals surface area contributed by atoms with Gasteiger partial charge >= 0.3 is 0 Å². The number of carbonyl (C=O) groups excluding carboxylic acids is 1. The first-order valence-corrected chi connectivity index (χ1v) is 10.3. The van der Waals surface area contributed by atoms with Crippen molar-refractivity contribution >= 4 is 35.8 Å². The number of likely N-dealkylation sites (N-methyl/N-ethyl adjacent to an activating group) is 1. The molecule has 1 aromatic carbocycles. The second-order valence-corrected chi connectivity index (χ2v) is 7.77. The number of amides is 1. The van der Waals surface area contributed by atoms with E-state index in [4.69, 9.17) is 4.74 Å². The zero-order chi connectivity index (χ0) is 20.8. The van der Waals surface area contributed by atoms with E-state index in [1.807, 2.05) is 31.1 Å². The standard InChI is InChI=1S/C21H32FN5O2.HI/c1-23-21(24-15-18(25(2)3)16-6-8-17(22)9-7-16)27-12-10-26(11-13-27)20(28)19-5-4-14-29-19;/h6-9,18-19H,4-5,10-15H2,1-3H3,(H,23,24);1H. The molecule has 0 radical (unpaired) electrons. The van der Waals surface area contributed by atoms with E-state index in [1.165, 1.54) is 12.1 Å². The minimum atomic E-state index is -0.254. The molecule has 1 amide bonds. The molecule has 0 bridgehead atoms. The van der Waals surface area contributed by atoms with Crippen LogP contribution in [0.1, 0.15) is 24.4 Å². The zero-order valence-corrected chi connectivity index (χ0v) is 20.3. The molecule has 2 heterocycles. The van der Waals surface area contributed by atoms with Gasteiger partial charge in [-0.05, 0) is 44.6 Å². The van der Waals surface area contributed by atoms with Gasteiger partial charge in [0, 0.05) is 46.4 Å². The minimum absolute atomic E-state index is 0. The molecule has 2 aliphatic heterocycles. The van der Waals surface area contributed by atoms with Gasteiger partial charge in [-0.25, -0.2) is 4.39 Å². The fourth-order valence-electron chi connectivity index (χ4n) is 3.92. The molecule has 2 atom stereocenters. The summed E-state index contributed by atoms with van der Waals surface area (Å²) in [5.41, 5.74) is 1.05. The highest BCUT2D eigenvalue weighted by atomic mass is 127. The summed E-state index contributed by atoms with van der Waals surface area (Å²) < 4.78 is 18.8. The van der Waals surface area contributed by atoms with Crippen molar-refractivity contribution in [2.75, 3.05) is 60.5 Å². The van der Waals surface area contributed by atoms with Gasteiger partial charge in [0.25, 0.3) is 5.91 Å². The minimum Gasteiger partial charge on any atom is -0.368 e. The van der Waals surface area contributed by atoms with E-state index < -0.39 is 0 Å². The number of benzene rings is 1. The normalized spacial score (nSPS) is 20.8. The van der Waals surface area contributed by atoms with E-state index in [-0.39, 0.29) is 47.8 Å². The summed E-state index contributed by atoms with van der Waals surface area (Å²) >= 11 is 0. The topological polar surface area (TPSA) is 60.4 Å². The van der Waals surface area contributed by atoms with E-state index >= 15 is 0 Å². The Balaban J connectivity index is 0.00000320. The van der Waals surface area contributed by atoms with Gasteiger partial charge in [-0.1, -0.05) is 12.1 Å². The molecule has 2 aliphatic rings. The van der Waals surface area contributed by atoms with E-state index in [0.717, 1.165) is 37.5 Å². The Morgan fingerprint density at radius 1 is 1.23 bits per heavy atom. The van der Waals surface area contributed by atoms with E-state index in [2.05, 4.69) is 20.1 Å². The Morgan fingerprint density at radius 3 is 2.40 bits per heavy atom. The predicted molar refractivity (Wildman–Crippen MR) is 127 cm³/mol. The summed E-state index contributed by atoms with van der Waals surface area (Å²) in [6.45, 7) is 4.17. The first-order chi connectivity index (χ1) is 14.0. The molecule has 2 unspecified atom stereocenters. The van der Waals surface area contributed by atoms with Gasteiger partial charge in [-0.2, -0.15) is 0 Å². The number of hydrogen-bond donors (Lipinski definition) is 1. The van der Waals surface area contributed by atoms with Crippen molar-refractivity contribution in [3.8, 4) is 0 Å². The van der Waals surface area contributed by atoms with Crippen LogP contribution in [-0.2, 0) is 9.53 Å². The van der Waals surface area contributed by atoms with Crippen LogP contribution in [0.4, 0.5) is 4.39 Å². The average Bonchev–Trinajstić information content (AvgIpc) is 3.27. The maximum absolute atomic E-state index is 13.3. The molecule has 168 valence electrons.